The van der Waals surface area contributed by atoms with Crippen LogP contribution in [0.25, 0.3) is 11.3 Å². The molecule has 0 unspecified atom stereocenters. The molecular formula is C15H17NO. The first-order valence-corrected chi connectivity index (χ1v) is 6.20. The van der Waals surface area contributed by atoms with Crippen LogP contribution in [0.15, 0.2) is 40.8 Å². The maximum Gasteiger partial charge on any atom is 0.134 e. The lowest BCUT2D eigenvalue weighted by Crippen LogP contribution is -2.14. The van der Waals surface area contributed by atoms with Crippen LogP contribution in [-0.4, -0.2) is 6.04 Å². The van der Waals surface area contributed by atoms with Crippen molar-refractivity contribution < 1.29 is 4.42 Å². The Labute approximate surface area is 102 Å². The van der Waals surface area contributed by atoms with Gasteiger partial charge in [0, 0.05) is 11.6 Å². The second-order valence-electron chi connectivity index (χ2n) is 4.79. The molecule has 1 aliphatic rings. The van der Waals surface area contributed by atoms with Crippen molar-refractivity contribution in [3.63, 3.8) is 0 Å². The molecule has 1 aromatic heterocycles. The van der Waals surface area contributed by atoms with E-state index in [4.69, 9.17) is 4.42 Å². The fourth-order valence-corrected chi connectivity index (χ4v) is 1.96. The van der Waals surface area contributed by atoms with E-state index in [-0.39, 0.29) is 0 Å². The molecule has 0 radical (unpaired) electrons. The van der Waals surface area contributed by atoms with Gasteiger partial charge in [0.05, 0.1) is 6.54 Å². The van der Waals surface area contributed by atoms with E-state index in [1.165, 1.54) is 18.4 Å². The molecule has 1 aliphatic carbocycles. The van der Waals surface area contributed by atoms with Crippen LogP contribution in [0.2, 0.25) is 0 Å². The first kappa shape index (κ1) is 10.6. The monoisotopic (exact) mass is 227 g/mol. The Morgan fingerprint density at radius 2 is 2.12 bits per heavy atom. The van der Waals surface area contributed by atoms with Gasteiger partial charge >= 0.3 is 0 Å². The van der Waals surface area contributed by atoms with Crippen LogP contribution in [0.1, 0.15) is 24.2 Å². The standard InChI is InChI=1S/C15H17NO/c1-11-3-2-4-12(9-11)15-8-7-14(17-15)10-16-13-5-6-13/h2-4,7-9,13,16H,5-6,10H2,1H3. The average molecular weight is 227 g/mol. The molecule has 2 nitrogen and oxygen atoms in total. The van der Waals surface area contributed by atoms with Crippen molar-refractivity contribution in [1.29, 1.82) is 0 Å². The second-order valence-corrected chi connectivity index (χ2v) is 4.79. The summed E-state index contributed by atoms with van der Waals surface area (Å²) >= 11 is 0. The quantitative estimate of drug-likeness (QED) is 0.864. The lowest BCUT2D eigenvalue weighted by molar-refractivity contribution is 0.492. The van der Waals surface area contributed by atoms with E-state index >= 15 is 0 Å². The van der Waals surface area contributed by atoms with Gasteiger partial charge in [-0.3, -0.25) is 0 Å². The minimum atomic E-state index is 0.725. The van der Waals surface area contributed by atoms with E-state index in [1.807, 2.05) is 0 Å². The summed E-state index contributed by atoms with van der Waals surface area (Å²) < 4.78 is 5.84. The summed E-state index contributed by atoms with van der Waals surface area (Å²) in [4.78, 5) is 0. The molecule has 2 heteroatoms. The number of hydrogen-bond acceptors (Lipinski definition) is 2. The summed E-state index contributed by atoms with van der Waals surface area (Å²) in [6.07, 6.45) is 2.62. The molecule has 0 atom stereocenters. The summed E-state index contributed by atoms with van der Waals surface area (Å²) in [6, 6.07) is 13.2. The number of nitrogens with one attached hydrogen (secondary N) is 1. The van der Waals surface area contributed by atoms with Crippen LogP contribution < -0.4 is 5.32 Å². The smallest absolute Gasteiger partial charge is 0.134 e. The zero-order valence-electron chi connectivity index (χ0n) is 10.1. The van der Waals surface area contributed by atoms with Gasteiger partial charge in [0.1, 0.15) is 11.5 Å². The number of rotatable bonds is 4. The van der Waals surface area contributed by atoms with Crippen molar-refractivity contribution in [2.75, 3.05) is 0 Å². The number of hydrogen-bond donors (Lipinski definition) is 1. The predicted molar refractivity (Wildman–Crippen MR) is 68.7 cm³/mol. The number of benzene rings is 1. The van der Waals surface area contributed by atoms with Gasteiger partial charge in [0.15, 0.2) is 0 Å². The first-order chi connectivity index (χ1) is 8.31. The van der Waals surface area contributed by atoms with Gasteiger partial charge in [-0.15, -0.1) is 0 Å². The Kier molecular flexibility index (Phi) is 2.73. The zero-order valence-corrected chi connectivity index (χ0v) is 10.1. The molecule has 88 valence electrons. The first-order valence-electron chi connectivity index (χ1n) is 6.20. The van der Waals surface area contributed by atoms with Gasteiger partial charge in [0.25, 0.3) is 0 Å². The van der Waals surface area contributed by atoms with Crippen molar-refractivity contribution in [1.82, 2.24) is 5.32 Å². The minimum absolute atomic E-state index is 0.725. The van der Waals surface area contributed by atoms with Crippen LogP contribution in [-0.2, 0) is 6.54 Å². The summed E-state index contributed by atoms with van der Waals surface area (Å²) in [5, 5.41) is 3.46. The lowest BCUT2D eigenvalue weighted by atomic mass is 10.1. The van der Waals surface area contributed by atoms with Gasteiger partial charge in [-0.2, -0.15) is 0 Å². The van der Waals surface area contributed by atoms with Crippen LogP contribution >= 0.6 is 0 Å². The zero-order chi connectivity index (χ0) is 11.7. The Bertz CT molecular complexity index is 511. The number of aryl methyl sites for hydroxylation is 1. The normalized spacial score (nSPS) is 15.1. The van der Waals surface area contributed by atoms with E-state index in [2.05, 4.69) is 48.6 Å². The fraction of sp³-hybridized carbons (Fsp3) is 0.333. The molecule has 0 aliphatic heterocycles. The molecular weight excluding hydrogens is 210 g/mol. The lowest BCUT2D eigenvalue weighted by Gasteiger charge is -2.00. The Hall–Kier alpha value is -1.54. The molecule has 0 amide bonds. The highest BCUT2D eigenvalue weighted by atomic mass is 16.3. The Balaban J connectivity index is 1.74. The van der Waals surface area contributed by atoms with E-state index in [9.17, 15) is 0 Å². The Morgan fingerprint density at radius 3 is 2.88 bits per heavy atom. The largest absolute Gasteiger partial charge is 0.460 e. The van der Waals surface area contributed by atoms with E-state index in [0.29, 0.717) is 0 Å². The third kappa shape index (κ3) is 2.59. The minimum Gasteiger partial charge on any atom is -0.460 e. The highest BCUT2D eigenvalue weighted by Crippen LogP contribution is 2.24. The van der Waals surface area contributed by atoms with Gasteiger partial charge in [-0.25, -0.2) is 0 Å². The van der Waals surface area contributed by atoms with Crippen LogP contribution in [0, 0.1) is 6.92 Å². The van der Waals surface area contributed by atoms with Gasteiger partial charge in [-0.1, -0.05) is 23.8 Å². The molecule has 3 rings (SSSR count). The maximum atomic E-state index is 5.84. The van der Waals surface area contributed by atoms with Crippen LogP contribution in [0.4, 0.5) is 0 Å². The van der Waals surface area contributed by atoms with Gasteiger partial charge in [0.2, 0.25) is 0 Å². The maximum absolute atomic E-state index is 5.84. The summed E-state index contributed by atoms with van der Waals surface area (Å²) in [6.45, 7) is 2.94. The molecule has 0 spiro atoms. The van der Waals surface area contributed by atoms with Crippen molar-refractivity contribution in [3.05, 3.63) is 47.7 Å². The summed E-state index contributed by atoms with van der Waals surface area (Å²) in [5.41, 5.74) is 2.42. The van der Waals surface area contributed by atoms with Crippen LogP contribution in [0.5, 0.6) is 0 Å². The van der Waals surface area contributed by atoms with E-state index in [1.54, 1.807) is 0 Å². The van der Waals surface area contributed by atoms with Crippen molar-refractivity contribution in [3.8, 4) is 11.3 Å². The number of furan rings is 1. The van der Waals surface area contributed by atoms with Crippen molar-refractivity contribution in [2.45, 2.75) is 32.4 Å². The van der Waals surface area contributed by atoms with Crippen molar-refractivity contribution >= 4 is 0 Å². The molecule has 1 saturated carbocycles. The molecule has 1 N–H and O–H groups in total. The van der Waals surface area contributed by atoms with E-state index < -0.39 is 0 Å². The highest BCUT2D eigenvalue weighted by molar-refractivity contribution is 5.58. The molecule has 1 fully saturated rings. The predicted octanol–water partition coefficient (Wildman–Crippen LogP) is 3.51. The molecule has 1 heterocycles. The third-order valence-electron chi connectivity index (χ3n) is 3.11. The average Bonchev–Trinajstić information content (AvgIpc) is 3.04. The van der Waals surface area contributed by atoms with Crippen molar-refractivity contribution in [2.24, 2.45) is 0 Å². The molecule has 0 saturated heterocycles. The topological polar surface area (TPSA) is 25.2 Å². The fourth-order valence-electron chi connectivity index (χ4n) is 1.96. The summed E-state index contributed by atoms with van der Waals surface area (Å²) in [5.74, 6) is 1.98. The van der Waals surface area contributed by atoms with E-state index in [0.717, 1.165) is 29.7 Å². The van der Waals surface area contributed by atoms with Crippen LogP contribution in [0.3, 0.4) is 0 Å². The Morgan fingerprint density at radius 1 is 1.24 bits per heavy atom. The molecule has 1 aromatic carbocycles. The third-order valence-corrected chi connectivity index (χ3v) is 3.11. The molecule has 0 bridgehead atoms. The second kappa shape index (κ2) is 4.38. The molecule has 17 heavy (non-hydrogen) atoms. The molecule has 2 aromatic rings. The highest BCUT2D eigenvalue weighted by Gasteiger charge is 2.20. The SMILES string of the molecule is Cc1cccc(-c2ccc(CNC3CC3)o2)c1. The van der Waals surface area contributed by atoms with Gasteiger partial charge in [-0.05, 0) is 38.0 Å². The van der Waals surface area contributed by atoms with Gasteiger partial charge < -0.3 is 9.73 Å². The summed E-state index contributed by atoms with van der Waals surface area (Å²) in [7, 11) is 0.